The molecule has 8 nitrogen and oxygen atoms in total. The van der Waals surface area contributed by atoms with Crippen LogP contribution in [0.1, 0.15) is 25.1 Å². The van der Waals surface area contributed by atoms with Crippen LogP contribution in [-0.2, 0) is 17.6 Å². The summed E-state index contributed by atoms with van der Waals surface area (Å²) in [4.78, 5) is 23.0. The van der Waals surface area contributed by atoms with Crippen molar-refractivity contribution in [3.63, 3.8) is 0 Å². The van der Waals surface area contributed by atoms with E-state index in [0.29, 0.717) is 6.61 Å². The monoisotopic (exact) mass is 487 g/mol. The van der Waals surface area contributed by atoms with Crippen molar-refractivity contribution in [1.29, 1.82) is 0 Å². The predicted octanol–water partition coefficient (Wildman–Crippen LogP) is 4.65. The van der Waals surface area contributed by atoms with Crippen LogP contribution in [-0.4, -0.2) is 70.5 Å². The Hall–Kier alpha value is -2.34. The summed E-state index contributed by atoms with van der Waals surface area (Å²) in [6.45, 7) is 12.4. The summed E-state index contributed by atoms with van der Waals surface area (Å²) in [7, 11) is -1.34. The van der Waals surface area contributed by atoms with Crippen molar-refractivity contribution in [2.45, 2.75) is 71.4 Å². The van der Waals surface area contributed by atoms with Crippen molar-refractivity contribution in [3.05, 3.63) is 17.6 Å². The van der Waals surface area contributed by atoms with Gasteiger partial charge in [-0.1, -0.05) is 19.6 Å². The van der Waals surface area contributed by atoms with E-state index in [2.05, 4.69) is 29.6 Å². The zero-order valence-electron chi connectivity index (χ0n) is 19.9. The Morgan fingerprint density at radius 2 is 1.88 bits per heavy atom. The summed E-state index contributed by atoms with van der Waals surface area (Å²) in [5.74, 6) is 0.167. The molecule has 2 aromatic heterocycles. The highest BCUT2D eigenvalue weighted by Crippen LogP contribution is 2.42. The quantitative estimate of drug-likeness (QED) is 0.472. The maximum Gasteiger partial charge on any atom is 0.418 e. The van der Waals surface area contributed by atoms with Crippen LogP contribution in [0, 0.1) is 6.92 Å². The molecule has 184 valence electrons. The maximum atomic E-state index is 14.2. The third-order valence-corrected chi connectivity index (χ3v) is 7.79. The molecule has 0 saturated carbocycles. The van der Waals surface area contributed by atoms with Gasteiger partial charge < -0.3 is 24.2 Å². The molecule has 12 heteroatoms. The van der Waals surface area contributed by atoms with Crippen LogP contribution in [0.3, 0.4) is 0 Å². The molecule has 0 radical (unpaired) electrons. The number of nitrogens with zero attached hydrogens (tertiary/aromatic N) is 5. The van der Waals surface area contributed by atoms with Crippen LogP contribution in [0.25, 0.3) is 11.0 Å². The number of amides is 1. The molecule has 3 rings (SSSR count). The molecule has 2 unspecified atom stereocenters. The largest absolute Gasteiger partial charge is 0.465 e. The van der Waals surface area contributed by atoms with Gasteiger partial charge in [0.15, 0.2) is 0 Å². The summed E-state index contributed by atoms with van der Waals surface area (Å²) in [6, 6.07) is 0.153. The van der Waals surface area contributed by atoms with E-state index in [1.165, 1.54) is 22.7 Å². The van der Waals surface area contributed by atoms with E-state index in [1.807, 2.05) is 0 Å². The van der Waals surface area contributed by atoms with Crippen LogP contribution in [0.4, 0.5) is 23.8 Å². The van der Waals surface area contributed by atoms with Crippen LogP contribution >= 0.6 is 0 Å². The van der Waals surface area contributed by atoms with Gasteiger partial charge in [-0.3, -0.25) is 0 Å². The molecule has 0 aromatic carbocycles. The van der Waals surface area contributed by atoms with Crippen LogP contribution in [0.15, 0.2) is 6.33 Å². The topological polar surface area (TPSA) is 83.7 Å². The van der Waals surface area contributed by atoms with E-state index in [4.69, 9.17) is 4.74 Å². The van der Waals surface area contributed by atoms with Crippen molar-refractivity contribution < 1.29 is 27.8 Å². The van der Waals surface area contributed by atoms with Gasteiger partial charge in [0, 0.05) is 45.5 Å². The highest BCUT2D eigenvalue weighted by Gasteiger charge is 2.41. The third-order valence-electron chi connectivity index (χ3n) is 6.08. The average molecular weight is 488 g/mol. The molecule has 0 aliphatic carbocycles. The lowest BCUT2D eigenvalue weighted by molar-refractivity contribution is -0.137. The number of aromatic nitrogens is 3. The van der Waals surface area contributed by atoms with Gasteiger partial charge in [-0.15, -0.1) is 0 Å². The highest BCUT2D eigenvalue weighted by molar-refractivity contribution is 6.76. The Kier molecular flexibility index (Phi) is 6.99. The number of alkyl halides is 3. The summed E-state index contributed by atoms with van der Waals surface area (Å²) in [5.41, 5.74) is -0.585. The fraction of sp³-hybridized carbons (Fsp3) is 0.667. The van der Waals surface area contributed by atoms with Gasteiger partial charge in [0.2, 0.25) is 0 Å². The third kappa shape index (κ3) is 5.26. The molecule has 0 spiro atoms. The van der Waals surface area contributed by atoms with Crippen molar-refractivity contribution in [2.75, 3.05) is 24.6 Å². The second-order valence-electron chi connectivity index (χ2n) is 9.92. The van der Waals surface area contributed by atoms with Crippen molar-refractivity contribution in [3.8, 4) is 0 Å². The van der Waals surface area contributed by atoms with E-state index in [0.717, 1.165) is 6.04 Å². The first-order valence-corrected chi connectivity index (χ1v) is 14.7. The van der Waals surface area contributed by atoms with E-state index in [-0.39, 0.29) is 48.4 Å². The fourth-order valence-electron chi connectivity index (χ4n) is 4.22. The molecule has 2 atom stereocenters. The first kappa shape index (κ1) is 25.3. The Bertz CT molecular complexity index is 1020. The minimum absolute atomic E-state index is 0.0251. The molecule has 2 aromatic rings. The molecule has 1 aliphatic heterocycles. The number of fused-ring (bicyclic) bond motifs is 1. The number of halogens is 3. The van der Waals surface area contributed by atoms with Gasteiger partial charge in [-0.2, -0.15) is 13.2 Å². The second-order valence-corrected chi connectivity index (χ2v) is 15.5. The molecular weight excluding hydrogens is 455 g/mol. The summed E-state index contributed by atoms with van der Waals surface area (Å²) < 4.78 is 49.9. The molecule has 3 heterocycles. The molecule has 1 N–H and O–H groups in total. The van der Waals surface area contributed by atoms with Crippen molar-refractivity contribution in [1.82, 2.24) is 19.4 Å². The number of ether oxygens (including phenoxy) is 1. The van der Waals surface area contributed by atoms with Gasteiger partial charge in [-0.05, 0) is 26.8 Å². The van der Waals surface area contributed by atoms with Crippen molar-refractivity contribution in [2.24, 2.45) is 0 Å². The van der Waals surface area contributed by atoms with Gasteiger partial charge in [0.05, 0.1) is 10.9 Å². The van der Waals surface area contributed by atoms with E-state index < -0.39 is 31.9 Å². The Labute approximate surface area is 192 Å². The molecule has 1 aliphatic rings. The Morgan fingerprint density at radius 3 is 2.45 bits per heavy atom. The number of carboxylic acid groups (broad SMARTS) is 1. The molecular formula is C21H32F3N5O3Si. The normalized spacial score (nSPS) is 20.0. The first-order chi connectivity index (χ1) is 15.2. The second kappa shape index (κ2) is 9.13. The number of hydrogen-bond donors (Lipinski definition) is 1. The summed E-state index contributed by atoms with van der Waals surface area (Å²) >= 11 is 0. The molecule has 0 bridgehead atoms. The predicted molar refractivity (Wildman–Crippen MR) is 122 cm³/mol. The lowest BCUT2D eigenvalue weighted by Crippen LogP contribution is -2.58. The van der Waals surface area contributed by atoms with Gasteiger partial charge in [0.1, 0.15) is 24.5 Å². The summed E-state index contributed by atoms with van der Waals surface area (Å²) in [6.07, 6.45) is -4.39. The van der Waals surface area contributed by atoms with Gasteiger partial charge >= 0.3 is 12.3 Å². The lowest BCUT2D eigenvalue weighted by Gasteiger charge is -2.43. The van der Waals surface area contributed by atoms with E-state index in [9.17, 15) is 23.1 Å². The van der Waals surface area contributed by atoms with Gasteiger partial charge in [0.25, 0.3) is 0 Å². The Balaban J connectivity index is 2.05. The number of rotatable bonds is 6. The van der Waals surface area contributed by atoms with E-state index >= 15 is 0 Å². The highest BCUT2D eigenvalue weighted by atomic mass is 28.3. The van der Waals surface area contributed by atoms with Gasteiger partial charge in [-0.25, -0.2) is 14.8 Å². The smallest absolute Gasteiger partial charge is 0.418 e. The zero-order valence-corrected chi connectivity index (χ0v) is 20.9. The average Bonchev–Trinajstić information content (AvgIpc) is 2.97. The standard InChI is InChI=1S/C21H32F3N5O3Si/c1-13-10-28(20(30)31)14(2)9-27(13)18-16-17(21(22,23)24)15(3)29(19(16)26-11-25-18)12-32-7-8-33(4,5)6/h11,13-14H,7-10,12H2,1-6H3,(H,30,31). The molecule has 1 amide bonds. The van der Waals surface area contributed by atoms with Crippen molar-refractivity contribution >= 4 is 31.0 Å². The van der Waals surface area contributed by atoms with Crippen LogP contribution < -0.4 is 4.90 Å². The number of anilines is 1. The maximum absolute atomic E-state index is 14.2. The number of piperazine rings is 1. The minimum Gasteiger partial charge on any atom is -0.465 e. The number of carbonyl (C=O) groups is 1. The number of hydrogen-bond acceptors (Lipinski definition) is 5. The molecule has 1 saturated heterocycles. The fourth-order valence-corrected chi connectivity index (χ4v) is 4.97. The summed E-state index contributed by atoms with van der Waals surface area (Å²) in [5, 5.41) is 9.35. The van der Waals surface area contributed by atoms with Crippen LogP contribution in [0.2, 0.25) is 25.7 Å². The van der Waals surface area contributed by atoms with Crippen LogP contribution in [0.5, 0.6) is 0 Å². The SMILES string of the molecule is Cc1c(C(F)(F)F)c2c(N3CC(C)N(C(=O)O)CC3C)ncnc2n1COCC[Si](C)(C)C. The first-order valence-electron chi connectivity index (χ1n) is 11.0. The minimum atomic E-state index is -4.61. The molecule has 1 fully saturated rings. The van der Waals surface area contributed by atoms with E-state index in [1.54, 1.807) is 18.7 Å². The Morgan fingerprint density at radius 1 is 1.21 bits per heavy atom. The lowest BCUT2D eigenvalue weighted by atomic mass is 10.1. The molecule has 33 heavy (non-hydrogen) atoms. The zero-order chi connectivity index (χ0) is 24.7.